The van der Waals surface area contributed by atoms with E-state index in [2.05, 4.69) is 4.74 Å². The summed E-state index contributed by atoms with van der Waals surface area (Å²) in [5.74, 6) is -0.0471. The van der Waals surface area contributed by atoms with Gasteiger partial charge in [0, 0.05) is 0 Å². The molecular weight excluding hydrogens is 354 g/mol. The van der Waals surface area contributed by atoms with E-state index in [1.54, 1.807) is 25.1 Å². The maximum atomic E-state index is 13.2. The first-order valence-corrected chi connectivity index (χ1v) is 9.60. The number of sulfonamides is 1. The number of esters is 1. The van der Waals surface area contributed by atoms with Crippen LogP contribution in [0.1, 0.15) is 18.1 Å². The van der Waals surface area contributed by atoms with Crippen molar-refractivity contribution in [3.05, 3.63) is 53.6 Å². The van der Waals surface area contributed by atoms with E-state index < -0.39 is 22.5 Å². The second kappa shape index (κ2) is 8.23. The molecule has 7 heteroatoms. The molecule has 140 valence electrons. The Labute approximate surface area is 154 Å². The Hall–Kier alpha value is -2.54. The summed E-state index contributed by atoms with van der Waals surface area (Å²) >= 11 is 0. The van der Waals surface area contributed by atoms with Crippen LogP contribution in [0.3, 0.4) is 0 Å². The van der Waals surface area contributed by atoms with Gasteiger partial charge in [0.2, 0.25) is 0 Å². The minimum Gasteiger partial charge on any atom is -0.496 e. The predicted octanol–water partition coefficient (Wildman–Crippen LogP) is 2.93. The van der Waals surface area contributed by atoms with Gasteiger partial charge in [-0.3, -0.25) is 9.10 Å². The van der Waals surface area contributed by atoms with Gasteiger partial charge in [0.1, 0.15) is 12.3 Å². The zero-order valence-corrected chi connectivity index (χ0v) is 16.2. The molecule has 0 aliphatic carbocycles. The second-order valence-corrected chi connectivity index (χ2v) is 7.60. The normalized spacial score (nSPS) is 11.1. The van der Waals surface area contributed by atoms with Crippen LogP contribution in [0.5, 0.6) is 5.75 Å². The molecule has 0 unspecified atom stereocenters. The summed E-state index contributed by atoms with van der Waals surface area (Å²) in [5.41, 5.74) is 2.17. The molecule has 0 N–H and O–H groups in total. The zero-order valence-electron chi connectivity index (χ0n) is 15.4. The molecule has 0 saturated heterocycles. The van der Waals surface area contributed by atoms with Crippen molar-refractivity contribution in [1.82, 2.24) is 0 Å². The maximum absolute atomic E-state index is 13.2. The molecule has 0 bridgehead atoms. The van der Waals surface area contributed by atoms with Gasteiger partial charge in [-0.25, -0.2) is 8.42 Å². The van der Waals surface area contributed by atoms with E-state index in [4.69, 9.17) is 4.74 Å². The average molecular weight is 377 g/mol. The summed E-state index contributed by atoms with van der Waals surface area (Å²) in [6.45, 7) is 3.37. The third-order valence-electron chi connectivity index (χ3n) is 4.09. The Kier molecular flexibility index (Phi) is 6.26. The second-order valence-electron chi connectivity index (χ2n) is 5.74. The van der Waals surface area contributed by atoms with E-state index in [0.717, 1.165) is 16.3 Å². The maximum Gasteiger partial charge on any atom is 0.326 e. The van der Waals surface area contributed by atoms with Gasteiger partial charge in [-0.1, -0.05) is 19.1 Å². The number of rotatable bonds is 7. The average Bonchev–Trinajstić information content (AvgIpc) is 2.65. The van der Waals surface area contributed by atoms with Crippen molar-refractivity contribution in [3.63, 3.8) is 0 Å². The first kappa shape index (κ1) is 19.8. The highest BCUT2D eigenvalue weighted by Gasteiger charge is 2.28. The zero-order chi connectivity index (χ0) is 19.3. The van der Waals surface area contributed by atoms with Crippen LogP contribution in [-0.2, 0) is 26.0 Å². The predicted molar refractivity (Wildman–Crippen MR) is 100 cm³/mol. The van der Waals surface area contributed by atoms with Crippen molar-refractivity contribution in [3.8, 4) is 5.75 Å². The lowest BCUT2D eigenvalue weighted by Gasteiger charge is -2.24. The number of methoxy groups -OCH3 is 2. The molecule has 0 aliphatic rings. The monoisotopic (exact) mass is 377 g/mol. The molecule has 0 aliphatic heterocycles. The van der Waals surface area contributed by atoms with Crippen molar-refractivity contribution in [2.45, 2.75) is 25.2 Å². The standard InChI is InChI=1S/C19H23NO5S/c1-5-15-6-8-16(9-7-15)20(13-19(21)25-4)26(22,23)17-10-11-18(24-3)14(2)12-17/h6-12H,5,13H2,1-4H3. The lowest BCUT2D eigenvalue weighted by molar-refractivity contribution is -0.138. The lowest BCUT2D eigenvalue weighted by atomic mass is 10.1. The van der Waals surface area contributed by atoms with E-state index in [-0.39, 0.29) is 4.90 Å². The van der Waals surface area contributed by atoms with E-state index >= 15 is 0 Å². The molecule has 0 fully saturated rings. The number of carbonyl (C=O) groups excluding carboxylic acids is 1. The van der Waals surface area contributed by atoms with Gasteiger partial charge in [0.25, 0.3) is 10.0 Å². The fraction of sp³-hybridized carbons (Fsp3) is 0.316. The van der Waals surface area contributed by atoms with Crippen LogP contribution in [0.25, 0.3) is 0 Å². The van der Waals surface area contributed by atoms with Gasteiger partial charge in [-0.05, 0) is 54.8 Å². The Balaban J connectivity index is 2.51. The lowest BCUT2D eigenvalue weighted by Crippen LogP contribution is -2.36. The van der Waals surface area contributed by atoms with Crippen molar-refractivity contribution >= 4 is 21.7 Å². The van der Waals surface area contributed by atoms with E-state index in [9.17, 15) is 13.2 Å². The van der Waals surface area contributed by atoms with Gasteiger partial charge in [-0.15, -0.1) is 0 Å². The topological polar surface area (TPSA) is 72.9 Å². The summed E-state index contributed by atoms with van der Waals surface area (Å²) in [6.07, 6.45) is 0.835. The molecule has 0 heterocycles. The van der Waals surface area contributed by atoms with E-state index in [1.807, 2.05) is 19.1 Å². The Morgan fingerprint density at radius 3 is 2.23 bits per heavy atom. The molecule has 0 radical (unpaired) electrons. The van der Waals surface area contributed by atoms with Gasteiger partial charge in [-0.2, -0.15) is 0 Å². The molecule has 6 nitrogen and oxygen atoms in total. The Bertz CT molecular complexity index is 875. The molecule has 2 aromatic rings. The smallest absolute Gasteiger partial charge is 0.326 e. The highest BCUT2D eigenvalue weighted by Crippen LogP contribution is 2.27. The van der Waals surface area contributed by atoms with Crippen molar-refractivity contribution in [1.29, 1.82) is 0 Å². The van der Waals surface area contributed by atoms with Crippen LogP contribution in [0.15, 0.2) is 47.4 Å². The molecule has 0 saturated carbocycles. The minimum absolute atomic E-state index is 0.0827. The van der Waals surface area contributed by atoms with Crippen LogP contribution >= 0.6 is 0 Å². The number of ether oxygens (including phenoxy) is 2. The summed E-state index contributed by atoms with van der Waals surface area (Å²) < 4.78 is 37.2. The molecule has 0 atom stereocenters. The number of hydrogen-bond acceptors (Lipinski definition) is 5. The van der Waals surface area contributed by atoms with Gasteiger partial charge in [0.05, 0.1) is 24.8 Å². The SMILES string of the molecule is CCc1ccc(N(CC(=O)OC)S(=O)(=O)c2ccc(OC)c(C)c2)cc1. The van der Waals surface area contributed by atoms with Crippen LogP contribution in [0.2, 0.25) is 0 Å². The van der Waals surface area contributed by atoms with E-state index in [1.165, 1.54) is 26.4 Å². The summed E-state index contributed by atoms with van der Waals surface area (Å²) in [6, 6.07) is 11.7. The molecule has 0 aromatic heterocycles. The fourth-order valence-corrected chi connectivity index (χ4v) is 4.03. The number of aryl methyl sites for hydroxylation is 2. The largest absolute Gasteiger partial charge is 0.496 e. The van der Waals surface area contributed by atoms with Crippen LogP contribution in [-0.4, -0.2) is 35.2 Å². The molecular formula is C19H23NO5S. The first-order chi connectivity index (χ1) is 12.3. The summed E-state index contributed by atoms with van der Waals surface area (Å²) in [7, 11) is -1.20. The molecule has 0 amide bonds. The third-order valence-corrected chi connectivity index (χ3v) is 5.86. The van der Waals surface area contributed by atoms with Gasteiger partial charge >= 0.3 is 5.97 Å². The molecule has 26 heavy (non-hydrogen) atoms. The van der Waals surface area contributed by atoms with Crippen LogP contribution in [0.4, 0.5) is 5.69 Å². The van der Waals surface area contributed by atoms with E-state index in [0.29, 0.717) is 17.0 Å². The highest BCUT2D eigenvalue weighted by atomic mass is 32.2. The number of anilines is 1. The first-order valence-electron chi connectivity index (χ1n) is 8.16. The highest BCUT2D eigenvalue weighted by molar-refractivity contribution is 7.92. The Morgan fingerprint density at radius 2 is 1.73 bits per heavy atom. The quantitative estimate of drug-likeness (QED) is 0.694. The minimum atomic E-state index is -3.95. The van der Waals surface area contributed by atoms with Crippen molar-refractivity contribution in [2.75, 3.05) is 25.1 Å². The summed E-state index contributed by atoms with van der Waals surface area (Å²) in [4.78, 5) is 11.9. The van der Waals surface area contributed by atoms with Crippen molar-refractivity contribution in [2.24, 2.45) is 0 Å². The summed E-state index contributed by atoms with van der Waals surface area (Å²) in [5, 5.41) is 0. The molecule has 0 spiro atoms. The number of hydrogen-bond donors (Lipinski definition) is 0. The Morgan fingerprint density at radius 1 is 1.08 bits per heavy atom. The number of nitrogens with zero attached hydrogens (tertiary/aromatic N) is 1. The van der Waals surface area contributed by atoms with Gasteiger partial charge in [0.15, 0.2) is 0 Å². The van der Waals surface area contributed by atoms with Crippen molar-refractivity contribution < 1.29 is 22.7 Å². The third kappa shape index (κ3) is 4.16. The van der Waals surface area contributed by atoms with Crippen LogP contribution < -0.4 is 9.04 Å². The number of carbonyl (C=O) groups is 1. The number of benzene rings is 2. The molecule has 2 rings (SSSR count). The van der Waals surface area contributed by atoms with Crippen LogP contribution in [0, 0.1) is 6.92 Å². The molecule has 2 aromatic carbocycles. The van der Waals surface area contributed by atoms with Gasteiger partial charge < -0.3 is 9.47 Å². The fourth-order valence-electron chi connectivity index (χ4n) is 2.53.